The van der Waals surface area contributed by atoms with Crippen LogP contribution in [-0.4, -0.2) is 43.2 Å². The zero-order chi connectivity index (χ0) is 11.4. The molecule has 0 amide bonds. The predicted octanol–water partition coefficient (Wildman–Crippen LogP) is 0.672. The van der Waals surface area contributed by atoms with E-state index in [0.717, 1.165) is 51.9 Å². The van der Waals surface area contributed by atoms with Crippen LogP contribution in [-0.2, 0) is 9.47 Å². The van der Waals surface area contributed by atoms with Crippen LogP contribution in [0, 0.1) is 5.92 Å². The van der Waals surface area contributed by atoms with Crippen LogP contribution in [0.25, 0.3) is 0 Å². The van der Waals surface area contributed by atoms with Gasteiger partial charge in [0, 0.05) is 18.8 Å². The number of rotatable bonds is 5. The summed E-state index contributed by atoms with van der Waals surface area (Å²) in [6.07, 6.45) is 5.46. The minimum atomic E-state index is -0.352. The van der Waals surface area contributed by atoms with Gasteiger partial charge in [-0.15, -0.1) is 0 Å². The van der Waals surface area contributed by atoms with Crippen molar-refractivity contribution < 1.29 is 14.6 Å². The lowest BCUT2D eigenvalue weighted by Crippen LogP contribution is -2.47. The molecule has 1 saturated heterocycles. The summed E-state index contributed by atoms with van der Waals surface area (Å²) in [5, 5.41) is 9.32. The van der Waals surface area contributed by atoms with Gasteiger partial charge in [-0.2, -0.15) is 0 Å². The molecule has 0 radical (unpaired) electrons. The molecule has 3 N–H and O–H groups in total. The maximum Gasteiger partial charge on any atom is 0.0830 e. The van der Waals surface area contributed by atoms with E-state index in [2.05, 4.69) is 0 Å². The molecule has 2 rings (SSSR count). The molecule has 2 aliphatic rings. The number of ether oxygens (including phenoxy) is 2. The van der Waals surface area contributed by atoms with Gasteiger partial charge in [0.25, 0.3) is 0 Å². The molecule has 1 heterocycles. The van der Waals surface area contributed by atoms with E-state index in [1.165, 1.54) is 0 Å². The van der Waals surface area contributed by atoms with E-state index in [9.17, 15) is 5.11 Å². The van der Waals surface area contributed by atoms with E-state index in [4.69, 9.17) is 15.2 Å². The summed E-state index contributed by atoms with van der Waals surface area (Å²) in [4.78, 5) is 0. The van der Waals surface area contributed by atoms with Crippen molar-refractivity contribution in [2.45, 2.75) is 43.7 Å². The fraction of sp³-hybridized carbons (Fsp3) is 1.00. The summed E-state index contributed by atoms with van der Waals surface area (Å²) < 4.78 is 11.0. The van der Waals surface area contributed by atoms with E-state index >= 15 is 0 Å². The lowest BCUT2D eigenvalue weighted by molar-refractivity contribution is 0.0283. The van der Waals surface area contributed by atoms with Crippen molar-refractivity contribution in [2.75, 3.05) is 26.4 Å². The number of hydrogen-bond donors (Lipinski definition) is 2. The third-order valence-corrected chi connectivity index (χ3v) is 4.01. The van der Waals surface area contributed by atoms with E-state index in [0.29, 0.717) is 5.92 Å². The number of aliphatic hydroxyl groups is 1. The van der Waals surface area contributed by atoms with Crippen molar-refractivity contribution in [1.82, 2.24) is 0 Å². The van der Waals surface area contributed by atoms with Gasteiger partial charge in [-0.05, 0) is 31.6 Å². The average Bonchev–Trinajstić information content (AvgIpc) is 2.90. The third kappa shape index (κ3) is 2.74. The Morgan fingerprint density at radius 2 is 2.31 bits per heavy atom. The van der Waals surface area contributed by atoms with E-state index in [1.54, 1.807) is 0 Å². The summed E-state index contributed by atoms with van der Waals surface area (Å²) >= 11 is 0. The minimum Gasteiger partial charge on any atom is -0.394 e. The first-order valence-corrected chi connectivity index (χ1v) is 6.34. The van der Waals surface area contributed by atoms with Crippen LogP contribution in [0.5, 0.6) is 0 Å². The summed E-state index contributed by atoms with van der Waals surface area (Å²) in [5.41, 5.74) is 5.81. The topological polar surface area (TPSA) is 64.7 Å². The molecule has 0 aromatic rings. The molecule has 4 nitrogen and oxygen atoms in total. The van der Waals surface area contributed by atoms with Crippen molar-refractivity contribution in [2.24, 2.45) is 11.7 Å². The maximum absolute atomic E-state index is 9.32. The highest BCUT2D eigenvalue weighted by Gasteiger charge is 2.38. The molecule has 0 aromatic carbocycles. The second-order valence-corrected chi connectivity index (χ2v) is 5.13. The van der Waals surface area contributed by atoms with Gasteiger partial charge >= 0.3 is 0 Å². The Hall–Kier alpha value is -0.160. The summed E-state index contributed by atoms with van der Waals surface area (Å²) in [6.45, 7) is 2.41. The lowest BCUT2D eigenvalue weighted by atomic mass is 9.87. The molecule has 0 bridgehead atoms. The Balaban J connectivity index is 1.68. The summed E-state index contributed by atoms with van der Waals surface area (Å²) in [6, 6.07) is 0. The Kier molecular flexibility index (Phi) is 4.19. The molecule has 1 aliphatic carbocycles. The zero-order valence-electron chi connectivity index (χ0n) is 9.86. The van der Waals surface area contributed by atoms with Gasteiger partial charge in [0.05, 0.1) is 19.3 Å². The zero-order valence-corrected chi connectivity index (χ0v) is 9.86. The van der Waals surface area contributed by atoms with Gasteiger partial charge in [0.1, 0.15) is 0 Å². The van der Waals surface area contributed by atoms with Crippen molar-refractivity contribution in [3.63, 3.8) is 0 Å². The fourth-order valence-corrected chi connectivity index (χ4v) is 2.83. The molecular formula is C12H23NO3. The molecule has 1 aliphatic heterocycles. The Morgan fingerprint density at radius 3 is 3.00 bits per heavy atom. The van der Waals surface area contributed by atoms with Crippen molar-refractivity contribution in [3.8, 4) is 0 Å². The molecule has 4 heteroatoms. The maximum atomic E-state index is 9.32. The van der Waals surface area contributed by atoms with Gasteiger partial charge in [-0.3, -0.25) is 0 Å². The molecule has 1 saturated carbocycles. The van der Waals surface area contributed by atoms with Gasteiger partial charge < -0.3 is 20.3 Å². The predicted molar refractivity (Wildman–Crippen MR) is 61.1 cm³/mol. The highest BCUT2D eigenvalue weighted by atomic mass is 16.5. The van der Waals surface area contributed by atoms with Crippen LogP contribution >= 0.6 is 0 Å². The molecule has 94 valence electrons. The Morgan fingerprint density at radius 1 is 1.44 bits per heavy atom. The molecule has 3 unspecified atom stereocenters. The quantitative estimate of drug-likeness (QED) is 0.727. The van der Waals surface area contributed by atoms with E-state index < -0.39 is 0 Å². The molecule has 0 aromatic heterocycles. The van der Waals surface area contributed by atoms with Gasteiger partial charge in [0.15, 0.2) is 0 Å². The van der Waals surface area contributed by atoms with Crippen LogP contribution < -0.4 is 5.73 Å². The number of nitrogens with two attached hydrogens (primary N) is 1. The number of aliphatic hydroxyl groups excluding tert-OH is 1. The van der Waals surface area contributed by atoms with Crippen LogP contribution in [0.1, 0.15) is 32.1 Å². The van der Waals surface area contributed by atoms with E-state index in [1.807, 2.05) is 0 Å². The van der Waals surface area contributed by atoms with Crippen LogP contribution in [0.4, 0.5) is 0 Å². The first-order chi connectivity index (χ1) is 7.74. The highest BCUT2D eigenvalue weighted by molar-refractivity contribution is 4.95. The van der Waals surface area contributed by atoms with Gasteiger partial charge in [0.2, 0.25) is 0 Å². The standard InChI is InChI=1S/C12H23NO3/c13-12(9-14)5-1-2-10(12)3-7-16-11-4-6-15-8-11/h10-11,14H,1-9,13H2. The highest BCUT2D eigenvalue weighted by Crippen LogP contribution is 2.35. The molecular weight excluding hydrogens is 206 g/mol. The first kappa shape index (κ1) is 12.3. The monoisotopic (exact) mass is 229 g/mol. The smallest absolute Gasteiger partial charge is 0.0830 e. The third-order valence-electron chi connectivity index (χ3n) is 4.01. The molecule has 2 fully saturated rings. The molecule has 0 spiro atoms. The average molecular weight is 229 g/mol. The van der Waals surface area contributed by atoms with Crippen LogP contribution in [0.3, 0.4) is 0 Å². The normalized spacial score (nSPS) is 39.4. The SMILES string of the molecule is NC1(CO)CCCC1CCOC1CCOC1. The van der Waals surface area contributed by atoms with Crippen molar-refractivity contribution >= 4 is 0 Å². The largest absolute Gasteiger partial charge is 0.394 e. The van der Waals surface area contributed by atoms with Gasteiger partial charge in [-0.25, -0.2) is 0 Å². The van der Waals surface area contributed by atoms with Gasteiger partial charge in [-0.1, -0.05) is 6.42 Å². The molecule has 3 atom stereocenters. The summed E-state index contributed by atoms with van der Waals surface area (Å²) in [7, 11) is 0. The Labute approximate surface area is 97.1 Å². The van der Waals surface area contributed by atoms with Crippen LogP contribution in [0.2, 0.25) is 0 Å². The summed E-state index contributed by atoms with van der Waals surface area (Å²) in [5.74, 6) is 0.417. The second-order valence-electron chi connectivity index (χ2n) is 5.13. The molecule has 16 heavy (non-hydrogen) atoms. The van der Waals surface area contributed by atoms with Crippen LogP contribution in [0.15, 0.2) is 0 Å². The second kappa shape index (κ2) is 5.45. The number of hydrogen-bond acceptors (Lipinski definition) is 4. The first-order valence-electron chi connectivity index (χ1n) is 6.34. The fourth-order valence-electron chi connectivity index (χ4n) is 2.83. The minimum absolute atomic E-state index is 0.101. The van der Waals surface area contributed by atoms with Crippen molar-refractivity contribution in [1.29, 1.82) is 0 Å². The lowest BCUT2D eigenvalue weighted by Gasteiger charge is -2.29. The van der Waals surface area contributed by atoms with E-state index in [-0.39, 0.29) is 18.2 Å². The Bertz CT molecular complexity index is 218. The van der Waals surface area contributed by atoms with Crippen molar-refractivity contribution in [3.05, 3.63) is 0 Å².